The molecule has 1 amide bonds. The molecule has 1 heterocycles. The zero-order chi connectivity index (χ0) is 23.7. The summed E-state index contributed by atoms with van der Waals surface area (Å²) in [6.45, 7) is 8.09. The number of hydrogen-bond donors (Lipinski definition) is 3. The fourth-order valence-corrected chi connectivity index (χ4v) is 3.40. The van der Waals surface area contributed by atoms with Crippen LogP contribution in [0, 0.1) is 5.92 Å². The molecule has 32 heavy (non-hydrogen) atoms. The van der Waals surface area contributed by atoms with E-state index >= 15 is 0 Å². The number of carbonyl (C=O) groups excluding carboxylic acids is 1. The number of nitrogens with one attached hydrogen (secondary N) is 2. The van der Waals surface area contributed by atoms with Gasteiger partial charge in [-0.25, -0.2) is 0 Å². The van der Waals surface area contributed by atoms with Crippen molar-refractivity contribution in [3.05, 3.63) is 67.9 Å². The maximum absolute atomic E-state index is 12.4. The van der Waals surface area contributed by atoms with Crippen LogP contribution in [-0.4, -0.2) is 30.0 Å². The van der Waals surface area contributed by atoms with Gasteiger partial charge in [-0.3, -0.25) is 14.4 Å². The molecule has 0 saturated carbocycles. The van der Waals surface area contributed by atoms with Crippen LogP contribution in [0.1, 0.15) is 61.3 Å². The Labute approximate surface area is 186 Å². The van der Waals surface area contributed by atoms with Crippen molar-refractivity contribution in [2.45, 2.75) is 39.7 Å². The molecule has 0 unspecified atom stereocenters. The zero-order valence-corrected chi connectivity index (χ0v) is 19.1. The normalized spacial score (nSPS) is 12.4. The lowest BCUT2D eigenvalue weighted by atomic mass is 9.98. The van der Waals surface area contributed by atoms with Gasteiger partial charge in [0, 0.05) is 14.1 Å². The molecule has 0 radical (unpaired) electrons. The van der Waals surface area contributed by atoms with Gasteiger partial charge in [-0.05, 0) is 35.6 Å². The molecule has 0 spiro atoms. The van der Waals surface area contributed by atoms with E-state index in [1.54, 1.807) is 26.4 Å². The van der Waals surface area contributed by atoms with Crippen molar-refractivity contribution in [1.82, 2.24) is 4.90 Å². The second-order valence-electron chi connectivity index (χ2n) is 8.74. The van der Waals surface area contributed by atoms with Gasteiger partial charge in [0.25, 0.3) is 16.8 Å². The zero-order valence-electron chi connectivity index (χ0n) is 19.1. The van der Waals surface area contributed by atoms with E-state index in [1.807, 2.05) is 19.9 Å². The van der Waals surface area contributed by atoms with E-state index in [9.17, 15) is 19.5 Å². The Morgan fingerprint density at radius 2 is 1.72 bits per heavy atom. The highest BCUT2D eigenvalue weighted by molar-refractivity contribution is 5.99. The van der Waals surface area contributed by atoms with Crippen LogP contribution in [0.4, 0.5) is 17.1 Å². The van der Waals surface area contributed by atoms with Crippen molar-refractivity contribution < 1.29 is 14.3 Å². The molecule has 0 fully saturated rings. The van der Waals surface area contributed by atoms with Crippen LogP contribution in [-0.2, 0) is 0 Å². The number of hydrogen-bond acceptors (Lipinski definition) is 7. The largest absolute Gasteiger partial charge is 0.505 e. The predicted molar refractivity (Wildman–Crippen MR) is 125 cm³/mol. The number of aromatic hydroxyl groups is 1. The third kappa shape index (κ3) is 4.26. The molecular weight excluding hydrogens is 410 g/mol. The van der Waals surface area contributed by atoms with Crippen molar-refractivity contribution in [2.75, 3.05) is 24.7 Å². The number of rotatable bonds is 8. The van der Waals surface area contributed by atoms with Crippen LogP contribution in [0.15, 0.2) is 44.5 Å². The average molecular weight is 440 g/mol. The summed E-state index contributed by atoms with van der Waals surface area (Å²) in [4.78, 5) is 38.3. The molecule has 0 aliphatic carbocycles. The summed E-state index contributed by atoms with van der Waals surface area (Å²) in [6, 6.07) is 6.22. The molecular formula is C24H29N3O5. The Kier molecular flexibility index (Phi) is 6.43. The van der Waals surface area contributed by atoms with Crippen LogP contribution < -0.4 is 21.5 Å². The maximum atomic E-state index is 12.4. The van der Waals surface area contributed by atoms with Crippen LogP contribution in [0.3, 0.4) is 0 Å². The SMILES string of the molecule is CC(C)c1coc([C@H](Nc2c(Nc3cccc(C(=O)N(C)C)c3O)c(=O)c2=O)C(C)C)c1. The van der Waals surface area contributed by atoms with Gasteiger partial charge < -0.3 is 25.1 Å². The van der Waals surface area contributed by atoms with Crippen LogP contribution >= 0.6 is 0 Å². The summed E-state index contributed by atoms with van der Waals surface area (Å²) in [5.41, 5.74) is 0.123. The van der Waals surface area contributed by atoms with E-state index in [2.05, 4.69) is 24.5 Å². The second-order valence-corrected chi connectivity index (χ2v) is 8.74. The number of carbonyl (C=O) groups is 1. The minimum absolute atomic E-state index is 0.0426. The number of benzene rings is 1. The number of anilines is 3. The Balaban J connectivity index is 1.92. The van der Waals surface area contributed by atoms with E-state index < -0.39 is 10.9 Å². The minimum atomic E-state index is -0.693. The summed E-state index contributed by atoms with van der Waals surface area (Å²) in [7, 11) is 3.15. The first kappa shape index (κ1) is 23.1. The third-order valence-electron chi connectivity index (χ3n) is 5.42. The molecule has 170 valence electrons. The Morgan fingerprint density at radius 3 is 2.28 bits per heavy atom. The Bertz CT molecular complexity index is 1200. The van der Waals surface area contributed by atoms with Crippen molar-refractivity contribution in [3.63, 3.8) is 0 Å². The van der Waals surface area contributed by atoms with E-state index in [0.29, 0.717) is 11.7 Å². The van der Waals surface area contributed by atoms with Gasteiger partial charge in [-0.15, -0.1) is 0 Å². The first-order chi connectivity index (χ1) is 15.0. The quantitative estimate of drug-likeness (QED) is 0.360. The van der Waals surface area contributed by atoms with Gasteiger partial charge in [-0.2, -0.15) is 0 Å². The van der Waals surface area contributed by atoms with E-state index in [0.717, 1.165) is 5.56 Å². The van der Waals surface area contributed by atoms with Crippen LogP contribution in [0.2, 0.25) is 0 Å². The van der Waals surface area contributed by atoms with E-state index in [-0.39, 0.29) is 46.2 Å². The molecule has 1 atom stereocenters. The number of phenols is 1. The number of nitrogens with zero attached hydrogens (tertiary/aromatic N) is 1. The molecule has 0 bridgehead atoms. The summed E-state index contributed by atoms with van der Waals surface area (Å²) < 4.78 is 5.73. The molecule has 2 aromatic carbocycles. The topological polar surface area (TPSA) is 112 Å². The first-order valence-corrected chi connectivity index (χ1v) is 10.5. The fourth-order valence-electron chi connectivity index (χ4n) is 3.40. The standard InChI is InChI=1S/C24H29N3O5/c1-12(2)14-10-17(32-11-14)18(13(3)4)26-20-19(22(29)23(20)30)25-16-9-7-8-15(21(16)28)24(31)27(5)6/h7-13,18,25-26,28H,1-6H3/t18-/m1/s1. The van der Waals surface area contributed by atoms with Gasteiger partial charge in [0.05, 0.1) is 23.6 Å². The lowest BCUT2D eigenvalue weighted by Gasteiger charge is -2.24. The summed E-state index contributed by atoms with van der Waals surface area (Å²) in [5.74, 6) is 0.354. The number of para-hydroxylation sites is 1. The van der Waals surface area contributed by atoms with Crippen LogP contribution in [0.5, 0.6) is 5.75 Å². The summed E-state index contributed by atoms with van der Waals surface area (Å²) in [5, 5.41) is 16.5. The minimum Gasteiger partial charge on any atom is -0.505 e. The van der Waals surface area contributed by atoms with E-state index in [1.165, 1.54) is 17.0 Å². The summed E-state index contributed by atoms with van der Waals surface area (Å²) in [6.07, 6.45) is 1.70. The Hall–Kier alpha value is -3.55. The van der Waals surface area contributed by atoms with Gasteiger partial charge in [-0.1, -0.05) is 33.8 Å². The van der Waals surface area contributed by atoms with Crippen molar-refractivity contribution in [2.24, 2.45) is 5.92 Å². The molecule has 8 heteroatoms. The van der Waals surface area contributed by atoms with Gasteiger partial charge in [0.1, 0.15) is 17.1 Å². The van der Waals surface area contributed by atoms with E-state index in [4.69, 9.17) is 4.42 Å². The van der Waals surface area contributed by atoms with Gasteiger partial charge >= 0.3 is 0 Å². The van der Waals surface area contributed by atoms with Crippen molar-refractivity contribution in [3.8, 4) is 5.75 Å². The predicted octanol–water partition coefficient (Wildman–Crippen LogP) is 3.96. The average Bonchev–Trinajstić information content (AvgIpc) is 3.23. The molecule has 1 aromatic heterocycles. The number of phenolic OH excluding ortho intramolecular Hbond substituents is 1. The van der Waals surface area contributed by atoms with Crippen molar-refractivity contribution in [1.29, 1.82) is 0 Å². The monoisotopic (exact) mass is 439 g/mol. The van der Waals surface area contributed by atoms with Crippen molar-refractivity contribution >= 4 is 23.0 Å². The molecule has 0 aliphatic heterocycles. The van der Waals surface area contributed by atoms with Gasteiger partial charge in [0.15, 0.2) is 5.75 Å². The Morgan fingerprint density at radius 1 is 1.06 bits per heavy atom. The second kappa shape index (κ2) is 8.90. The van der Waals surface area contributed by atoms with Gasteiger partial charge in [0.2, 0.25) is 0 Å². The molecule has 3 aromatic rings. The lowest BCUT2D eigenvalue weighted by molar-refractivity contribution is 0.0824. The number of furan rings is 1. The molecule has 0 saturated heterocycles. The molecule has 0 aliphatic rings. The lowest BCUT2D eigenvalue weighted by Crippen LogP contribution is -2.38. The first-order valence-electron chi connectivity index (χ1n) is 10.5. The van der Waals surface area contributed by atoms with Crippen LogP contribution in [0.25, 0.3) is 0 Å². The number of amides is 1. The highest BCUT2D eigenvalue weighted by Gasteiger charge is 2.28. The molecule has 3 N–H and O–H groups in total. The highest BCUT2D eigenvalue weighted by atomic mass is 16.3. The third-order valence-corrected chi connectivity index (χ3v) is 5.42. The maximum Gasteiger partial charge on any atom is 0.257 e. The molecule has 3 rings (SSSR count). The summed E-state index contributed by atoms with van der Waals surface area (Å²) >= 11 is 0. The highest BCUT2D eigenvalue weighted by Crippen LogP contribution is 2.35. The smallest absolute Gasteiger partial charge is 0.257 e. The fraction of sp³-hybridized carbons (Fsp3) is 0.375. The molecule has 8 nitrogen and oxygen atoms in total.